The summed E-state index contributed by atoms with van der Waals surface area (Å²) < 4.78 is 4.99. The van der Waals surface area contributed by atoms with Crippen molar-refractivity contribution in [3.63, 3.8) is 0 Å². The Morgan fingerprint density at radius 3 is 2.52 bits per heavy atom. The van der Waals surface area contributed by atoms with Crippen LogP contribution >= 0.6 is 11.6 Å². The van der Waals surface area contributed by atoms with E-state index in [9.17, 15) is 4.79 Å². The third-order valence-electron chi connectivity index (χ3n) is 3.65. The smallest absolute Gasteiger partial charge is 0.253 e. The largest absolute Gasteiger partial charge is 0.480 e. The maximum atomic E-state index is 12.3. The standard InChI is InChI=1S/C19H16ClN3O2/c1-25-18-10-9-17(22-23-18)14-7-8-15(16(20)11-14)19(24)21-12-13-5-3-2-4-6-13/h2-11H,12H2,1H3,(H,21,24). The van der Waals surface area contributed by atoms with Crippen molar-refractivity contribution in [2.75, 3.05) is 7.11 Å². The number of carbonyl (C=O) groups excluding carboxylic acids is 1. The highest BCUT2D eigenvalue weighted by Crippen LogP contribution is 2.25. The minimum absolute atomic E-state index is 0.221. The zero-order valence-corrected chi connectivity index (χ0v) is 14.3. The molecule has 0 unspecified atom stereocenters. The first-order valence-electron chi connectivity index (χ1n) is 7.67. The number of rotatable bonds is 5. The van der Waals surface area contributed by atoms with E-state index >= 15 is 0 Å². The van der Waals surface area contributed by atoms with Crippen molar-refractivity contribution in [3.05, 3.63) is 76.8 Å². The zero-order chi connectivity index (χ0) is 17.6. The van der Waals surface area contributed by atoms with Crippen molar-refractivity contribution in [1.82, 2.24) is 15.5 Å². The van der Waals surface area contributed by atoms with Crippen LogP contribution in [0.2, 0.25) is 5.02 Å². The predicted octanol–water partition coefficient (Wildman–Crippen LogP) is 3.74. The van der Waals surface area contributed by atoms with Crippen molar-refractivity contribution in [2.24, 2.45) is 0 Å². The maximum absolute atomic E-state index is 12.3. The van der Waals surface area contributed by atoms with Gasteiger partial charge in [0.2, 0.25) is 5.88 Å². The molecule has 126 valence electrons. The fraction of sp³-hybridized carbons (Fsp3) is 0.105. The Hall–Kier alpha value is -2.92. The third kappa shape index (κ3) is 4.14. The van der Waals surface area contributed by atoms with E-state index in [1.165, 1.54) is 7.11 Å². The molecule has 6 heteroatoms. The summed E-state index contributed by atoms with van der Waals surface area (Å²) in [5, 5.41) is 11.2. The molecule has 0 radical (unpaired) electrons. The van der Waals surface area contributed by atoms with E-state index in [4.69, 9.17) is 16.3 Å². The molecule has 0 aliphatic carbocycles. The number of ether oxygens (including phenoxy) is 1. The average molecular weight is 354 g/mol. The van der Waals surface area contributed by atoms with Gasteiger partial charge in [-0.3, -0.25) is 4.79 Å². The molecule has 0 bridgehead atoms. The number of methoxy groups -OCH3 is 1. The van der Waals surface area contributed by atoms with E-state index in [1.54, 1.807) is 30.3 Å². The van der Waals surface area contributed by atoms with E-state index in [-0.39, 0.29) is 5.91 Å². The number of carbonyl (C=O) groups is 1. The summed E-state index contributed by atoms with van der Waals surface area (Å²) in [5.74, 6) is 0.216. The molecule has 0 saturated carbocycles. The Kier molecular flexibility index (Phi) is 5.26. The molecule has 5 nitrogen and oxygen atoms in total. The van der Waals surface area contributed by atoms with Crippen LogP contribution in [0.5, 0.6) is 5.88 Å². The van der Waals surface area contributed by atoms with Crippen molar-refractivity contribution >= 4 is 17.5 Å². The second kappa shape index (κ2) is 7.77. The van der Waals surface area contributed by atoms with Crippen LogP contribution in [-0.2, 0) is 6.54 Å². The molecule has 1 N–H and O–H groups in total. The Morgan fingerprint density at radius 1 is 1.08 bits per heavy atom. The molecule has 1 heterocycles. The van der Waals surface area contributed by atoms with Crippen molar-refractivity contribution in [1.29, 1.82) is 0 Å². The predicted molar refractivity (Wildman–Crippen MR) is 96.6 cm³/mol. The Labute approximate surface area is 150 Å². The molecule has 1 amide bonds. The lowest BCUT2D eigenvalue weighted by Gasteiger charge is -2.08. The molecule has 0 spiro atoms. The van der Waals surface area contributed by atoms with Gasteiger partial charge >= 0.3 is 0 Å². The molecule has 0 fully saturated rings. The maximum Gasteiger partial charge on any atom is 0.253 e. The van der Waals surface area contributed by atoms with E-state index in [0.29, 0.717) is 28.7 Å². The van der Waals surface area contributed by atoms with Gasteiger partial charge in [0.25, 0.3) is 5.91 Å². The lowest BCUT2D eigenvalue weighted by Crippen LogP contribution is -2.23. The number of hydrogen-bond acceptors (Lipinski definition) is 4. The second-order valence-electron chi connectivity index (χ2n) is 5.32. The van der Waals surface area contributed by atoms with Crippen LogP contribution in [0.25, 0.3) is 11.3 Å². The summed E-state index contributed by atoms with van der Waals surface area (Å²) in [5.41, 5.74) is 2.87. The van der Waals surface area contributed by atoms with Gasteiger partial charge in [-0.1, -0.05) is 48.0 Å². The van der Waals surface area contributed by atoms with Crippen molar-refractivity contribution in [2.45, 2.75) is 6.54 Å². The molecular weight excluding hydrogens is 338 g/mol. The topological polar surface area (TPSA) is 64.1 Å². The van der Waals surface area contributed by atoms with Crippen LogP contribution in [0.1, 0.15) is 15.9 Å². The molecular formula is C19H16ClN3O2. The van der Waals surface area contributed by atoms with Gasteiger partial charge in [0.1, 0.15) is 0 Å². The number of aromatic nitrogens is 2. The molecule has 25 heavy (non-hydrogen) atoms. The first kappa shape index (κ1) is 16.9. The van der Waals surface area contributed by atoms with E-state index < -0.39 is 0 Å². The minimum atomic E-state index is -0.221. The lowest BCUT2D eigenvalue weighted by atomic mass is 10.1. The summed E-state index contributed by atoms with van der Waals surface area (Å²) >= 11 is 6.28. The Balaban J connectivity index is 1.73. The van der Waals surface area contributed by atoms with Crippen LogP contribution in [-0.4, -0.2) is 23.2 Å². The van der Waals surface area contributed by atoms with Gasteiger partial charge in [-0.05, 0) is 23.8 Å². The summed E-state index contributed by atoms with van der Waals surface area (Å²) in [6.45, 7) is 0.446. The van der Waals surface area contributed by atoms with Crippen LogP contribution < -0.4 is 10.1 Å². The van der Waals surface area contributed by atoms with Crippen LogP contribution in [0, 0.1) is 0 Å². The average Bonchev–Trinajstić information content (AvgIpc) is 2.67. The summed E-state index contributed by atoms with van der Waals surface area (Å²) in [4.78, 5) is 12.3. The first-order chi connectivity index (χ1) is 12.2. The SMILES string of the molecule is COc1ccc(-c2ccc(C(=O)NCc3ccccc3)c(Cl)c2)nn1. The highest BCUT2D eigenvalue weighted by atomic mass is 35.5. The zero-order valence-electron chi connectivity index (χ0n) is 13.6. The van der Waals surface area contributed by atoms with Gasteiger partial charge in [-0.15, -0.1) is 10.2 Å². The number of hydrogen-bond donors (Lipinski definition) is 1. The van der Waals surface area contributed by atoms with Gasteiger partial charge in [-0.25, -0.2) is 0 Å². The number of nitrogens with one attached hydrogen (secondary N) is 1. The van der Waals surface area contributed by atoms with E-state index in [2.05, 4.69) is 15.5 Å². The molecule has 0 aliphatic rings. The molecule has 0 atom stereocenters. The number of nitrogens with zero attached hydrogens (tertiary/aromatic N) is 2. The fourth-order valence-corrected chi connectivity index (χ4v) is 2.58. The van der Waals surface area contributed by atoms with Crippen LogP contribution in [0.15, 0.2) is 60.7 Å². The summed E-state index contributed by atoms with van der Waals surface area (Å²) in [7, 11) is 1.53. The fourth-order valence-electron chi connectivity index (χ4n) is 2.31. The van der Waals surface area contributed by atoms with Crippen LogP contribution in [0.3, 0.4) is 0 Å². The van der Waals surface area contributed by atoms with Gasteiger partial charge in [-0.2, -0.15) is 0 Å². The lowest BCUT2D eigenvalue weighted by molar-refractivity contribution is 0.0951. The summed E-state index contributed by atoms with van der Waals surface area (Å²) in [6, 6.07) is 18.4. The third-order valence-corrected chi connectivity index (χ3v) is 3.97. The molecule has 2 aromatic carbocycles. The van der Waals surface area contributed by atoms with Gasteiger partial charge in [0.05, 0.1) is 23.4 Å². The van der Waals surface area contributed by atoms with E-state index in [1.807, 2.05) is 30.3 Å². The highest BCUT2D eigenvalue weighted by Gasteiger charge is 2.12. The summed E-state index contributed by atoms with van der Waals surface area (Å²) in [6.07, 6.45) is 0. The highest BCUT2D eigenvalue weighted by molar-refractivity contribution is 6.34. The Bertz CT molecular complexity index is 868. The van der Waals surface area contributed by atoms with Gasteiger partial charge in [0.15, 0.2) is 0 Å². The van der Waals surface area contributed by atoms with Crippen LogP contribution in [0.4, 0.5) is 0 Å². The first-order valence-corrected chi connectivity index (χ1v) is 8.05. The molecule has 0 aliphatic heterocycles. The number of halogens is 1. The second-order valence-corrected chi connectivity index (χ2v) is 5.73. The molecule has 0 saturated heterocycles. The molecule has 1 aromatic heterocycles. The van der Waals surface area contributed by atoms with Crippen molar-refractivity contribution in [3.8, 4) is 17.1 Å². The number of benzene rings is 2. The molecule has 3 rings (SSSR count). The minimum Gasteiger partial charge on any atom is -0.480 e. The normalized spacial score (nSPS) is 10.3. The van der Waals surface area contributed by atoms with Crippen molar-refractivity contribution < 1.29 is 9.53 Å². The molecule has 3 aromatic rings. The van der Waals surface area contributed by atoms with E-state index in [0.717, 1.165) is 11.1 Å². The number of amides is 1. The van der Waals surface area contributed by atoms with Gasteiger partial charge < -0.3 is 10.1 Å². The monoisotopic (exact) mass is 353 g/mol. The Morgan fingerprint density at radius 2 is 1.88 bits per heavy atom. The quantitative estimate of drug-likeness (QED) is 0.759. The van der Waals surface area contributed by atoms with Gasteiger partial charge in [0, 0.05) is 18.2 Å².